The van der Waals surface area contributed by atoms with Gasteiger partial charge in [-0.25, -0.2) is 4.39 Å². The van der Waals surface area contributed by atoms with E-state index in [9.17, 15) is 14.0 Å². The Morgan fingerprint density at radius 1 is 1.25 bits per heavy atom. The van der Waals surface area contributed by atoms with E-state index < -0.39 is 0 Å². The highest BCUT2D eigenvalue weighted by Crippen LogP contribution is 2.27. The normalized spacial score (nSPS) is 24.8. The third kappa shape index (κ3) is 3.43. The quantitative estimate of drug-likeness (QED) is 0.849. The predicted molar refractivity (Wildman–Crippen MR) is 86.6 cm³/mol. The molecule has 2 atom stereocenters. The second kappa shape index (κ2) is 6.89. The summed E-state index contributed by atoms with van der Waals surface area (Å²) in [4.78, 5) is 28.3. The van der Waals surface area contributed by atoms with Crippen LogP contribution in [0.15, 0.2) is 24.3 Å². The van der Waals surface area contributed by atoms with Crippen LogP contribution in [0.5, 0.6) is 0 Å². The summed E-state index contributed by atoms with van der Waals surface area (Å²) in [5.41, 5.74) is 0.861. The maximum absolute atomic E-state index is 13.1. The first kappa shape index (κ1) is 16.9. The summed E-state index contributed by atoms with van der Waals surface area (Å²) in [5.74, 6) is -0.499. The molecule has 2 heterocycles. The molecule has 0 bridgehead atoms. The Morgan fingerprint density at radius 3 is 2.58 bits per heavy atom. The largest absolute Gasteiger partial charge is 0.370 e. The first-order valence-electron chi connectivity index (χ1n) is 8.41. The zero-order valence-corrected chi connectivity index (χ0v) is 14.1. The number of ether oxygens (including phenoxy) is 1. The summed E-state index contributed by atoms with van der Waals surface area (Å²) in [6, 6.07) is 6.29. The molecule has 6 heteroatoms. The first-order valence-corrected chi connectivity index (χ1v) is 8.41. The molecule has 0 radical (unpaired) electrons. The van der Waals surface area contributed by atoms with Crippen molar-refractivity contribution < 1.29 is 18.7 Å². The molecule has 0 unspecified atom stereocenters. The topological polar surface area (TPSA) is 49.9 Å². The lowest BCUT2D eigenvalue weighted by molar-refractivity contribution is -0.143. The van der Waals surface area contributed by atoms with Crippen molar-refractivity contribution in [3.05, 3.63) is 35.6 Å². The molecular formula is C18H23FN2O3. The van der Waals surface area contributed by atoms with Gasteiger partial charge in [0.2, 0.25) is 11.8 Å². The summed E-state index contributed by atoms with van der Waals surface area (Å²) in [7, 11) is 0. The van der Waals surface area contributed by atoms with Crippen molar-refractivity contribution in [3.63, 3.8) is 0 Å². The Morgan fingerprint density at radius 2 is 1.96 bits per heavy atom. The number of carbonyl (C=O) groups is 2. The van der Waals surface area contributed by atoms with Crippen LogP contribution in [0.1, 0.15) is 31.9 Å². The minimum absolute atomic E-state index is 0.0157. The van der Waals surface area contributed by atoms with E-state index in [2.05, 4.69) is 0 Å². The van der Waals surface area contributed by atoms with Crippen LogP contribution in [0.25, 0.3) is 0 Å². The monoisotopic (exact) mass is 334 g/mol. The lowest BCUT2D eigenvalue weighted by atomic mass is 10.0. The van der Waals surface area contributed by atoms with E-state index >= 15 is 0 Å². The van der Waals surface area contributed by atoms with Gasteiger partial charge in [0, 0.05) is 25.6 Å². The summed E-state index contributed by atoms with van der Waals surface area (Å²) in [5, 5.41) is 0. The molecule has 5 nitrogen and oxygen atoms in total. The SMILES string of the molecule is CC(C)N1C[C@H](C(=O)N2CCO[C@H](c3ccc(F)cc3)C2)CC1=O. The Hall–Kier alpha value is -1.95. The minimum Gasteiger partial charge on any atom is -0.370 e. The molecular weight excluding hydrogens is 311 g/mol. The molecule has 24 heavy (non-hydrogen) atoms. The number of carbonyl (C=O) groups excluding carboxylic acids is 2. The van der Waals surface area contributed by atoms with Gasteiger partial charge in [0.25, 0.3) is 0 Å². The van der Waals surface area contributed by atoms with Crippen LogP contribution in [-0.2, 0) is 14.3 Å². The van der Waals surface area contributed by atoms with Gasteiger partial charge in [-0.1, -0.05) is 12.1 Å². The highest BCUT2D eigenvalue weighted by Gasteiger charge is 2.38. The molecule has 3 rings (SSSR count). The fourth-order valence-corrected chi connectivity index (χ4v) is 3.38. The smallest absolute Gasteiger partial charge is 0.228 e. The van der Waals surface area contributed by atoms with Crippen LogP contribution in [0, 0.1) is 11.7 Å². The van der Waals surface area contributed by atoms with Crippen LogP contribution in [0.4, 0.5) is 4.39 Å². The van der Waals surface area contributed by atoms with Gasteiger partial charge in [0.15, 0.2) is 0 Å². The maximum Gasteiger partial charge on any atom is 0.228 e. The van der Waals surface area contributed by atoms with E-state index in [1.807, 2.05) is 13.8 Å². The van der Waals surface area contributed by atoms with Crippen molar-refractivity contribution in [2.45, 2.75) is 32.4 Å². The van der Waals surface area contributed by atoms with E-state index in [1.54, 1.807) is 21.9 Å². The highest BCUT2D eigenvalue weighted by molar-refractivity contribution is 5.89. The van der Waals surface area contributed by atoms with E-state index in [1.165, 1.54) is 12.1 Å². The number of hydrogen-bond donors (Lipinski definition) is 0. The second-order valence-corrected chi connectivity index (χ2v) is 6.74. The van der Waals surface area contributed by atoms with E-state index in [0.717, 1.165) is 5.56 Å². The number of amides is 2. The van der Waals surface area contributed by atoms with Crippen LogP contribution in [-0.4, -0.2) is 53.9 Å². The molecule has 2 amide bonds. The van der Waals surface area contributed by atoms with Crippen molar-refractivity contribution >= 4 is 11.8 Å². The Bertz CT molecular complexity index is 617. The summed E-state index contributed by atoms with van der Waals surface area (Å²) in [6.07, 6.45) is 0.0388. The Kier molecular flexibility index (Phi) is 4.85. The summed E-state index contributed by atoms with van der Waals surface area (Å²) in [6.45, 7) is 5.84. The molecule has 130 valence electrons. The highest BCUT2D eigenvalue weighted by atomic mass is 19.1. The van der Waals surface area contributed by atoms with Crippen LogP contribution >= 0.6 is 0 Å². The van der Waals surface area contributed by atoms with E-state index in [-0.39, 0.29) is 42.1 Å². The first-order chi connectivity index (χ1) is 11.5. The van der Waals surface area contributed by atoms with Gasteiger partial charge in [0.1, 0.15) is 11.9 Å². The molecule has 2 saturated heterocycles. The number of halogens is 1. The Labute approximate surface area is 141 Å². The molecule has 2 fully saturated rings. The van der Waals surface area contributed by atoms with Crippen molar-refractivity contribution in [1.82, 2.24) is 9.80 Å². The zero-order chi connectivity index (χ0) is 17.3. The fourth-order valence-electron chi connectivity index (χ4n) is 3.38. The van der Waals surface area contributed by atoms with Gasteiger partial charge in [-0.05, 0) is 31.5 Å². The lowest BCUT2D eigenvalue weighted by Gasteiger charge is -2.34. The van der Waals surface area contributed by atoms with Gasteiger partial charge in [-0.3, -0.25) is 9.59 Å². The number of likely N-dealkylation sites (tertiary alicyclic amines) is 1. The maximum atomic E-state index is 13.1. The molecule has 0 spiro atoms. The number of rotatable bonds is 3. The predicted octanol–water partition coefficient (Wildman–Crippen LogP) is 1.98. The molecule has 0 aliphatic carbocycles. The molecule has 1 aromatic rings. The summed E-state index contributed by atoms with van der Waals surface area (Å²) >= 11 is 0. The number of nitrogens with zero attached hydrogens (tertiary/aromatic N) is 2. The van der Waals surface area contributed by atoms with Crippen LogP contribution < -0.4 is 0 Å². The van der Waals surface area contributed by atoms with Crippen molar-refractivity contribution in [2.75, 3.05) is 26.2 Å². The minimum atomic E-state index is -0.291. The zero-order valence-electron chi connectivity index (χ0n) is 14.1. The van der Waals surface area contributed by atoms with Gasteiger partial charge in [-0.2, -0.15) is 0 Å². The third-order valence-corrected chi connectivity index (χ3v) is 4.75. The third-order valence-electron chi connectivity index (χ3n) is 4.75. The molecule has 0 saturated carbocycles. The van der Waals surface area contributed by atoms with Crippen molar-refractivity contribution in [1.29, 1.82) is 0 Å². The van der Waals surface area contributed by atoms with Crippen molar-refractivity contribution in [2.24, 2.45) is 5.92 Å². The Balaban J connectivity index is 1.65. The lowest BCUT2D eigenvalue weighted by Crippen LogP contribution is -2.45. The summed E-state index contributed by atoms with van der Waals surface area (Å²) < 4.78 is 18.8. The van der Waals surface area contributed by atoms with Gasteiger partial charge in [-0.15, -0.1) is 0 Å². The van der Waals surface area contributed by atoms with Crippen molar-refractivity contribution in [3.8, 4) is 0 Å². The van der Waals surface area contributed by atoms with Crippen LogP contribution in [0.3, 0.4) is 0 Å². The standard InChI is InChI=1S/C18H23FN2O3/c1-12(2)21-10-14(9-17(21)22)18(23)20-7-8-24-16(11-20)13-3-5-15(19)6-4-13/h3-6,12,14,16H,7-11H2,1-2H3/t14-,16+/m1/s1. The molecule has 0 aromatic heterocycles. The molecule has 2 aliphatic heterocycles. The van der Waals surface area contributed by atoms with Gasteiger partial charge < -0.3 is 14.5 Å². The average Bonchev–Trinajstić information content (AvgIpc) is 2.97. The molecule has 1 aromatic carbocycles. The van der Waals surface area contributed by atoms with E-state index in [0.29, 0.717) is 26.2 Å². The van der Waals surface area contributed by atoms with Crippen LogP contribution in [0.2, 0.25) is 0 Å². The average molecular weight is 334 g/mol. The number of benzene rings is 1. The fraction of sp³-hybridized carbons (Fsp3) is 0.556. The van der Waals surface area contributed by atoms with Gasteiger partial charge >= 0.3 is 0 Å². The van der Waals surface area contributed by atoms with Gasteiger partial charge in [0.05, 0.1) is 19.1 Å². The molecule has 2 aliphatic rings. The van der Waals surface area contributed by atoms with E-state index in [4.69, 9.17) is 4.74 Å². The number of hydrogen-bond acceptors (Lipinski definition) is 3. The molecule has 0 N–H and O–H groups in total. The number of morpholine rings is 1. The second-order valence-electron chi connectivity index (χ2n) is 6.74.